The fourth-order valence-electron chi connectivity index (χ4n) is 1.47. The van der Waals surface area contributed by atoms with E-state index in [2.05, 4.69) is 20.7 Å². The van der Waals surface area contributed by atoms with Crippen molar-refractivity contribution in [1.82, 2.24) is 15.3 Å². The lowest BCUT2D eigenvalue weighted by molar-refractivity contribution is 0.684. The molecule has 0 aliphatic carbocycles. The van der Waals surface area contributed by atoms with Gasteiger partial charge >= 0.3 is 0 Å². The normalized spacial score (nSPS) is 10.9. The van der Waals surface area contributed by atoms with E-state index in [1.807, 2.05) is 12.4 Å². The summed E-state index contributed by atoms with van der Waals surface area (Å²) >= 11 is 3.37. The average molecular weight is 268 g/mol. The Bertz CT molecular complexity index is 463. The SMILES string of the molecule is Cc1ncsc1CNCc1csc(CCN)n1. The third kappa shape index (κ3) is 3.57. The second-order valence-electron chi connectivity index (χ2n) is 3.74. The summed E-state index contributed by atoms with van der Waals surface area (Å²) in [4.78, 5) is 10.0. The van der Waals surface area contributed by atoms with Gasteiger partial charge in [-0.15, -0.1) is 22.7 Å². The molecule has 0 bridgehead atoms. The van der Waals surface area contributed by atoms with Crippen molar-refractivity contribution in [3.8, 4) is 0 Å². The molecule has 2 heterocycles. The molecule has 0 aliphatic heterocycles. The fourth-order valence-corrected chi connectivity index (χ4v) is 3.03. The van der Waals surface area contributed by atoms with Gasteiger partial charge in [0.15, 0.2) is 0 Å². The zero-order valence-corrected chi connectivity index (χ0v) is 11.4. The van der Waals surface area contributed by atoms with Crippen LogP contribution in [0.4, 0.5) is 0 Å². The molecular formula is C11H16N4S2. The second kappa shape index (κ2) is 6.20. The molecule has 0 aromatic carbocycles. The number of nitrogens with zero attached hydrogens (tertiary/aromatic N) is 2. The van der Waals surface area contributed by atoms with Crippen molar-refractivity contribution in [1.29, 1.82) is 0 Å². The minimum Gasteiger partial charge on any atom is -0.330 e. The molecule has 0 radical (unpaired) electrons. The highest BCUT2D eigenvalue weighted by molar-refractivity contribution is 7.10. The van der Waals surface area contributed by atoms with Gasteiger partial charge in [0.05, 0.1) is 21.9 Å². The molecular weight excluding hydrogens is 252 g/mol. The van der Waals surface area contributed by atoms with Gasteiger partial charge in [-0.25, -0.2) is 9.97 Å². The zero-order chi connectivity index (χ0) is 12.1. The Kier molecular flexibility index (Phi) is 4.61. The van der Waals surface area contributed by atoms with Crippen LogP contribution in [0.1, 0.15) is 21.3 Å². The van der Waals surface area contributed by atoms with E-state index in [-0.39, 0.29) is 0 Å². The Labute approximate surface area is 109 Å². The van der Waals surface area contributed by atoms with Gasteiger partial charge in [-0.2, -0.15) is 0 Å². The average Bonchev–Trinajstić information content (AvgIpc) is 2.90. The molecule has 4 nitrogen and oxygen atoms in total. The van der Waals surface area contributed by atoms with Crippen LogP contribution in [0.25, 0.3) is 0 Å². The first-order chi connectivity index (χ1) is 8.29. The van der Waals surface area contributed by atoms with Gasteiger partial charge in [0, 0.05) is 29.8 Å². The summed E-state index contributed by atoms with van der Waals surface area (Å²) in [6.45, 7) is 4.37. The van der Waals surface area contributed by atoms with Crippen molar-refractivity contribution in [2.24, 2.45) is 5.73 Å². The van der Waals surface area contributed by atoms with Crippen LogP contribution in [0.3, 0.4) is 0 Å². The van der Waals surface area contributed by atoms with Crippen LogP contribution >= 0.6 is 22.7 Å². The monoisotopic (exact) mass is 268 g/mol. The Hall–Kier alpha value is -0.820. The smallest absolute Gasteiger partial charge is 0.0941 e. The summed E-state index contributed by atoms with van der Waals surface area (Å²) in [5.41, 5.74) is 9.59. The lowest BCUT2D eigenvalue weighted by Crippen LogP contribution is -2.13. The maximum atomic E-state index is 5.50. The van der Waals surface area contributed by atoms with E-state index in [0.29, 0.717) is 6.54 Å². The Balaban J connectivity index is 1.80. The van der Waals surface area contributed by atoms with Crippen molar-refractivity contribution < 1.29 is 0 Å². The number of hydrogen-bond donors (Lipinski definition) is 2. The summed E-state index contributed by atoms with van der Waals surface area (Å²) in [5.74, 6) is 0. The fraction of sp³-hybridized carbons (Fsp3) is 0.455. The maximum Gasteiger partial charge on any atom is 0.0941 e. The highest BCUT2D eigenvalue weighted by Gasteiger charge is 2.03. The maximum absolute atomic E-state index is 5.50. The molecule has 2 aromatic rings. The van der Waals surface area contributed by atoms with Crippen LogP contribution in [0.2, 0.25) is 0 Å². The van der Waals surface area contributed by atoms with Crippen LogP contribution in [0.15, 0.2) is 10.9 Å². The number of hydrogen-bond acceptors (Lipinski definition) is 6. The summed E-state index contributed by atoms with van der Waals surface area (Å²) < 4.78 is 0. The van der Waals surface area contributed by atoms with E-state index in [9.17, 15) is 0 Å². The third-order valence-corrected chi connectivity index (χ3v) is 4.29. The van der Waals surface area contributed by atoms with Crippen LogP contribution in [-0.4, -0.2) is 16.5 Å². The van der Waals surface area contributed by atoms with Crippen molar-refractivity contribution in [2.45, 2.75) is 26.4 Å². The van der Waals surface area contributed by atoms with E-state index in [4.69, 9.17) is 5.73 Å². The van der Waals surface area contributed by atoms with Crippen LogP contribution in [0.5, 0.6) is 0 Å². The molecule has 0 aliphatic rings. The van der Waals surface area contributed by atoms with E-state index < -0.39 is 0 Å². The van der Waals surface area contributed by atoms with Gasteiger partial charge < -0.3 is 11.1 Å². The van der Waals surface area contributed by atoms with E-state index >= 15 is 0 Å². The molecule has 3 N–H and O–H groups in total. The minimum atomic E-state index is 0.667. The Morgan fingerprint density at radius 2 is 2.24 bits per heavy atom. The van der Waals surface area contributed by atoms with E-state index in [1.54, 1.807) is 22.7 Å². The molecule has 0 spiro atoms. The van der Waals surface area contributed by atoms with Gasteiger partial charge in [-0.05, 0) is 13.5 Å². The van der Waals surface area contributed by atoms with Gasteiger partial charge in [-0.1, -0.05) is 0 Å². The molecule has 0 saturated carbocycles. The minimum absolute atomic E-state index is 0.667. The summed E-state index contributed by atoms with van der Waals surface area (Å²) in [6, 6.07) is 0. The summed E-state index contributed by atoms with van der Waals surface area (Å²) in [5, 5.41) is 6.60. The van der Waals surface area contributed by atoms with Crippen molar-refractivity contribution in [2.75, 3.05) is 6.54 Å². The van der Waals surface area contributed by atoms with Gasteiger partial charge in [-0.3, -0.25) is 0 Å². The van der Waals surface area contributed by atoms with Crippen LogP contribution in [0, 0.1) is 6.92 Å². The molecule has 0 amide bonds. The van der Waals surface area contributed by atoms with Crippen molar-refractivity contribution >= 4 is 22.7 Å². The lowest BCUT2D eigenvalue weighted by atomic mass is 10.4. The predicted molar refractivity (Wildman–Crippen MR) is 72.3 cm³/mol. The topological polar surface area (TPSA) is 63.8 Å². The number of rotatable bonds is 6. The number of nitrogens with two attached hydrogens (primary N) is 1. The van der Waals surface area contributed by atoms with E-state index in [0.717, 1.165) is 35.9 Å². The van der Waals surface area contributed by atoms with Crippen LogP contribution < -0.4 is 11.1 Å². The molecule has 6 heteroatoms. The predicted octanol–water partition coefficient (Wildman–Crippen LogP) is 1.70. The van der Waals surface area contributed by atoms with Gasteiger partial charge in [0.25, 0.3) is 0 Å². The standard InChI is InChI=1S/C11H16N4S2/c1-8-10(17-7-14-8)5-13-4-9-6-16-11(15-9)2-3-12/h6-7,13H,2-5,12H2,1H3. The molecule has 17 heavy (non-hydrogen) atoms. The second-order valence-corrected chi connectivity index (χ2v) is 5.62. The molecule has 0 atom stereocenters. The largest absolute Gasteiger partial charge is 0.330 e. The Morgan fingerprint density at radius 1 is 1.35 bits per heavy atom. The van der Waals surface area contributed by atoms with Crippen LogP contribution in [-0.2, 0) is 19.5 Å². The first kappa shape index (κ1) is 12.6. The number of aryl methyl sites for hydroxylation is 1. The lowest BCUT2D eigenvalue weighted by Gasteiger charge is -2.00. The highest BCUT2D eigenvalue weighted by Crippen LogP contribution is 2.13. The third-order valence-electron chi connectivity index (χ3n) is 2.39. The zero-order valence-electron chi connectivity index (χ0n) is 9.77. The number of aromatic nitrogens is 2. The summed E-state index contributed by atoms with van der Waals surface area (Å²) in [7, 11) is 0. The quantitative estimate of drug-likeness (QED) is 0.837. The van der Waals surface area contributed by atoms with Crippen molar-refractivity contribution in [3.63, 3.8) is 0 Å². The van der Waals surface area contributed by atoms with Crippen molar-refractivity contribution in [3.05, 3.63) is 32.2 Å². The van der Waals surface area contributed by atoms with Gasteiger partial charge in [0.2, 0.25) is 0 Å². The first-order valence-electron chi connectivity index (χ1n) is 5.52. The number of nitrogens with one attached hydrogen (secondary N) is 1. The number of thiazole rings is 2. The molecule has 2 aromatic heterocycles. The Morgan fingerprint density at radius 3 is 2.94 bits per heavy atom. The summed E-state index contributed by atoms with van der Waals surface area (Å²) in [6.07, 6.45) is 0.874. The van der Waals surface area contributed by atoms with Gasteiger partial charge in [0.1, 0.15) is 0 Å². The van der Waals surface area contributed by atoms with E-state index in [1.165, 1.54) is 4.88 Å². The molecule has 0 unspecified atom stereocenters. The molecule has 0 saturated heterocycles. The molecule has 2 rings (SSSR count). The molecule has 0 fully saturated rings. The first-order valence-corrected chi connectivity index (χ1v) is 7.28. The highest BCUT2D eigenvalue weighted by atomic mass is 32.1. The molecule has 92 valence electrons.